The highest BCUT2D eigenvalue weighted by Crippen LogP contribution is 2.29. The van der Waals surface area contributed by atoms with E-state index in [2.05, 4.69) is 47.9 Å². The van der Waals surface area contributed by atoms with Gasteiger partial charge in [-0.15, -0.1) is 0 Å². The highest BCUT2D eigenvalue weighted by Gasteiger charge is 2.40. The lowest BCUT2D eigenvalue weighted by atomic mass is 10.1. The predicted molar refractivity (Wildman–Crippen MR) is 119 cm³/mol. The molecule has 0 aliphatic carbocycles. The Morgan fingerprint density at radius 3 is 2.44 bits per heavy atom. The van der Waals surface area contributed by atoms with Gasteiger partial charge >= 0.3 is 5.97 Å². The van der Waals surface area contributed by atoms with Crippen LogP contribution in [-0.2, 0) is 13.1 Å². The number of carbonyl (C=O) groups excluding carboxylic acids is 1. The van der Waals surface area contributed by atoms with Crippen LogP contribution in [0.1, 0.15) is 46.7 Å². The lowest BCUT2D eigenvalue weighted by molar-refractivity contribution is -0.0140. The minimum absolute atomic E-state index is 0.137. The molecule has 0 spiro atoms. The molecule has 4 rings (SSSR count). The molecule has 2 aliphatic heterocycles. The number of fused-ring (bicyclic) bond motifs is 2. The quantitative estimate of drug-likeness (QED) is 0.705. The molecule has 2 aromatic rings. The number of carboxylic acid groups (broad SMARTS) is 1. The third-order valence-electron chi connectivity index (χ3n) is 6.39. The van der Waals surface area contributed by atoms with Crippen LogP contribution < -0.4 is 10.3 Å². The van der Waals surface area contributed by atoms with E-state index in [1.165, 1.54) is 16.5 Å². The Morgan fingerprint density at radius 1 is 1.12 bits per heavy atom. The van der Waals surface area contributed by atoms with Crippen molar-refractivity contribution in [3.8, 4) is 5.75 Å². The molecular formula is C23H28N4O5. The van der Waals surface area contributed by atoms with Crippen molar-refractivity contribution >= 4 is 17.6 Å². The van der Waals surface area contributed by atoms with Crippen LogP contribution in [0, 0.1) is 0 Å². The Hall–Kier alpha value is -3.33. The summed E-state index contributed by atoms with van der Waals surface area (Å²) in [5, 5.41) is 19.6. The van der Waals surface area contributed by atoms with E-state index < -0.39 is 28.6 Å². The van der Waals surface area contributed by atoms with Crippen LogP contribution in [0.15, 0.2) is 35.3 Å². The molecule has 1 unspecified atom stereocenters. The fourth-order valence-electron chi connectivity index (χ4n) is 4.69. The summed E-state index contributed by atoms with van der Waals surface area (Å²) < 4.78 is 1.41. The predicted octanol–water partition coefficient (Wildman–Crippen LogP) is 1.79. The van der Waals surface area contributed by atoms with Crippen molar-refractivity contribution in [1.29, 1.82) is 0 Å². The number of hydrogen-bond donors (Lipinski definition) is 2. The average Bonchev–Trinajstić information content (AvgIpc) is 2.78. The highest BCUT2D eigenvalue weighted by molar-refractivity contribution is 5.97. The summed E-state index contributed by atoms with van der Waals surface area (Å²) in [7, 11) is 0. The van der Waals surface area contributed by atoms with E-state index in [1.807, 2.05) is 0 Å². The molecule has 2 N–H and O–H groups in total. The summed E-state index contributed by atoms with van der Waals surface area (Å²) in [4.78, 5) is 42.8. The van der Waals surface area contributed by atoms with Gasteiger partial charge < -0.3 is 24.6 Å². The van der Waals surface area contributed by atoms with Crippen molar-refractivity contribution in [2.24, 2.45) is 0 Å². The zero-order valence-corrected chi connectivity index (χ0v) is 18.3. The number of aromatic hydroxyl groups is 1. The van der Waals surface area contributed by atoms with Crippen LogP contribution >= 0.6 is 0 Å². The van der Waals surface area contributed by atoms with Crippen molar-refractivity contribution in [2.75, 3.05) is 31.1 Å². The Morgan fingerprint density at radius 2 is 1.81 bits per heavy atom. The Balaban J connectivity index is 1.62. The summed E-state index contributed by atoms with van der Waals surface area (Å²) in [6, 6.07) is 8.40. The molecule has 2 aliphatic rings. The molecule has 1 fully saturated rings. The molecule has 32 heavy (non-hydrogen) atoms. The molecular weight excluding hydrogens is 412 g/mol. The third kappa shape index (κ3) is 3.73. The summed E-state index contributed by atoms with van der Waals surface area (Å²) >= 11 is 0. The Labute approximate surface area is 186 Å². The van der Waals surface area contributed by atoms with Gasteiger partial charge in [-0.1, -0.05) is 12.1 Å². The monoisotopic (exact) mass is 440 g/mol. The molecule has 0 saturated carbocycles. The minimum Gasteiger partial charge on any atom is -0.503 e. The molecule has 3 heterocycles. The van der Waals surface area contributed by atoms with Gasteiger partial charge in [0.15, 0.2) is 11.4 Å². The lowest BCUT2D eigenvalue weighted by Gasteiger charge is -2.47. The number of rotatable bonds is 6. The first-order valence-electron chi connectivity index (χ1n) is 10.9. The SMILES string of the molecule is CCN(CC)c1ccc(CN2CCCN3C(=O)c4c(O)c(=O)c(C(=O)O)cn4CC23)cc1. The van der Waals surface area contributed by atoms with E-state index in [9.17, 15) is 24.6 Å². The standard InChI is InChI=1S/C23H28N4O5/c1-3-24(4-2)16-8-6-15(7-9-16)12-25-10-5-11-27-18(25)14-26-13-17(23(31)32)20(28)21(29)19(26)22(27)30/h6-9,13,18,29H,3-5,10-12,14H2,1-2H3,(H,31,32). The number of benzene rings is 1. The van der Waals surface area contributed by atoms with Gasteiger partial charge in [-0.05, 0) is 38.0 Å². The summed E-state index contributed by atoms with van der Waals surface area (Å²) in [6.07, 6.45) is 1.66. The van der Waals surface area contributed by atoms with Gasteiger partial charge in [0.1, 0.15) is 11.7 Å². The van der Waals surface area contributed by atoms with Crippen molar-refractivity contribution in [3.63, 3.8) is 0 Å². The molecule has 1 aromatic heterocycles. The largest absolute Gasteiger partial charge is 0.503 e. The van der Waals surface area contributed by atoms with Gasteiger partial charge in [-0.2, -0.15) is 0 Å². The smallest absolute Gasteiger partial charge is 0.341 e. The molecule has 1 aromatic carbocycles. The molecule has 9 heteroatoms. The minimum atomic E-state index is -1.43. The molecule has 1 atom stereocenters. The van der Waals surface area contributed by atoms with E-state index in [4.69, 9.17) is 0 Å². The topological polar surface area (TPSA) is 106 Å². The zero-order chi connectivity index (χ0) is 23.0. The second-order valence-corrected chi connectivity index (χ2v) is 8.17. The van der Waals surface area contributed by atoms with E-state index in [1.54, 1.807) is 4.90 Å². The van der Waals surface area contributed by atoms with E-state index >= 15 is 0 Å². The molecule has 9 nitrogen and oxygen atoms in total. The number of hydrogen-bond acceptors (Lipinski definition) is 6. The molecule has 0 bridgehead atoms. The van der Waals surface area contributed by atoms with Crippen LogP contribution in [0.25, 0.3) is 0 Å². The molecule has 0 radical (unpaired) electrons. The van der Waals surface area contributed by atoms with Crippen LogP contribution in [0.3, 0.4) is 0 Å². The van der Waals surface area contributed by atoms with Gasteiger partial charge in [0.05, 0.1) is 6.54 Å². The number of carbonyl (C=O) groups is 2. The number of amides is 1. The van der Waals surface area contributed by atoms with Crippen molar-refractivity contribution in [1.82, 2.24) is 14.4 Å². The summed E-state index contributed by atoms with van der Waals surface area (Å²) in [5.74, 6) is -2.67. The lowest BCUT2D eigenvalue weighted by Crippen LogP contribution is -2.60. The van der Waals surface area contributed by atoms with Crippen LogP contribution in [-0.4, -0.2) is 68.8 Å². The van der Waals surface area contributed by atoms with E-state index in [0.717, 1.165) is 31.6 Å². The van der Waals surface area contributed by atoms with Crippen molar-refractivity contribution < 1.29 is 19.8 Å². The number of pyridine rings is 1. The van der Waals surface area contributed by atoms with Gasteiger partial charge in [-0.3, -0.25) is 14.5 Å². The maximum Gasteiger partial charge on any atom is 0.341 e. The first-order valence-corrected chi connectivity index (χ1v) is 10.9. The zero-order valence-electron chi connectivity index (χ0n) is 18.3. The van der Waals surface area contributed by atoms with Crippen LogP contribution in [0.4, 0.5) is 5.69 Å². The van der Waals surface area contributed by atoms with E-state index in [0.29, 0.717) is 13.1 Å². The van der Waals surface area contributed by atoms with Gasteiger partial charge in [0, 0.05) is 44.6 Å². The maximum absolute atomic E-state index is 13.1. The fraction of sp³-hybridized carbons (Fsp3) is 0.435. The summed E-state index contributed by atoms with van der Waals surface area (Å²) in [6.45, 7) is 8.36. The van der Waals surface area contributed by atoms with Crippen molar-refractivity contribution in [2.45, 2.75) is 39.5 Å². The number of carboxylic acids is 1. The third-order valence-corrected chi connectivity index (χ3v) is 6.39. The summed E-state index contributed by atoms with van der Waals surface area (Å²) in [5.41, 5.74) is 0.581. The number of nitrogens with zero attached hydrogens (tertiary/aromatic N) is 4. The Kier molecular flexibility index (Phi) is 5.92. The highest BCUT2D eigenvalue weighted by atomic mass is 16.4. The van der Waals surface area contributed by atoms with Crippen LogP contribution in [0.2, 0.25) is 0 Å². The second-order valence-electron chi connectivity index (χ2n) is 8.17. The number of anilines is 1. The van der Waals surface area contributed by atoms with Crippen molar-refractivity contribution in [3.05, 3.63) is 57.5 Å². The Bertz CT molecular complexity index is 1090. The molecule has 1 amide bonds. The average molecular weight is 441 g/mol. The van der Waals surface area contributed by atoms with Gasteiger partial charge in [0.2, 0.25) is 5.43 Å². The second kappa shape index (κ2) is 8.66. The molecule has 170 valence electrons. The first kappa shape index (κ1) is 21.9. The van der Waals surface area contributed by atoms with Gasteiger partial charge in [0.25, 0.3) is 5.91 Å². The van der Waals surface area contributed by atoms with Crippen LogP contribution in [0.5, 0.6) is 5.75 Å². The number of aromatic carboxylic acids is 1. The normalized spacial score (nSPS) is 18.2. The van der Waals surface area contributed by atoms with E-state index in [-0.39, 0.29) is 18.4 Å². The first-order chi connectivity index (χ1) is 15.3. The molecule has 1 saturated heterocycles. The maximum atomic E-state index is 13.1. The number of aromatic nitrogens is 1. The fourth-order valence-corrected chi connectivity index (χ4v) is 4.69. The van der Waals surface area contributed by atoms with Gasteiger partial charge in [-0.25, -0.2) is 4.79 Å².